The number of unbranched alkanes of at least 4 members (excludes halogenated alkanes) is 4. The zero-order valence-corrected chi connectivity index (χ0v) is 19.0. The topological polar surface area (TPSA) is 77.8 Å². The quantitative estimate of drug-likeness (QED) is 0.263. The van der Waals surface area contributed by atoms with E-state index in [1.807, 2.05) is 48.5 Å². The fraction of sp³-hybridized carbons (Fsp3) is 0.519. The van der Waals surface area contributed by atoms with Crippen LogP contribution >= 0.6 is 0 Å². The maximum Gasteiger partial charge on any atom is 0.304 e. The molecular weight excluding hydrogens is 388 g/mol. The molecule has 0 aliphatic carbocycles. The van der Waals surface area contributed by atoms with Gasteiger partial charge in [-0.05, 0) is 29.4 Å². The molecule has 0 fully saturated rings. The van der Waals surface area contributed by atoms with Crippen molar-refractivity contribution in [3.8, 4) is 0 Å². The largest absolute Gasteiger partial charge is 0.481 e. The Morgan fingerprint density at radius 1 is 0.742 bits per heavy atom. The third-order valence-electron chi connectivity index (χ3n) is 6.57. The predicted octanol–water partition coefficient (Wildman–Crippen LogP) is 5.81. The van der Waals surface area contributed by atoms with Gasteiger partial charge in [0.25, 0.3) is 0 Å². The highest BCUT2D eigenvalue weighted by molar-refractivity contribution is 5.69. The van der Waals surface area contributed by atoms with E-state index in [2.05, 4.69) is 26.0 Å². The first-order valence-corrected chi connectivity index (χ1v) is 11.4. The van der Waals surface area contributed by atoms with Crippen LogP contribution in [0.4, 0.5) is 0 Å². The smallest absolute Gasteiger partial charge is 0.304 e. The first-order valence-electron chi connectivity index (χ1n) is 11.4. The number of carboxylic acid groups (broad SMARTS) is 1. The molecule has 0 spiro atoms. The number of rotatable bonds is 14. The molecule has 2 aromatic rings. The van der Waals surface area contributed by atoms with Crippen molar-refractivity contribution >= 4 is 5.97 Å². The van der Waals surface area contributed by atoms with Gasteiger partial charge >= 0.3 is 5.97 Å². The maximum atomic E-state index is 11.4. The van der Waals surface area contributed by atoms with Crippen LogP contribution in [-0.2, 0) is 15.6 Å². The van der Waals surface area contributed by atoms with Crippen LogP contribution in [0.1, 0.15) is 82.8 Å². The summed E-state index contributed by atoms with van der Waals surface area (Å²) in [6.07, 6.45) is 6.25. The Morgan fingerprint density at radius 2 is 1.16 bits per heavy atom. The predicted molar refractivity (Wildman–Crippen MR) is 125 cm³/mol. The fourth-order valence-corrected chi connectivity index (χ4v) is 4.68. The van der Waals surface area contributed by atoms with Gasteiger partial charge < -0.3 is 15.3 Å². The summed E-state index contributed by atoms with van der Waals surface area (Å²) in [7, 11) is 0. The van der Waals surface area contributed by atoms with E-state index in [1.54, 1.807) is 0 Å². The summed E-state index contributed by atoms with van der Waals surface area (Å²) >= 11 is 0. The highest BCUT2D eigenvalue weighted by atomic mass is 16.5. The molecule has 2 aromatic carbocycles. The third-order valence-corrected chi connectivity index (χ3v) is 6.57. The van der Waals surface area contributed by atoms with Gasteiger partial charge in [0.1, 0.15) is 0 Å². The van der Waals surface area contributed by atoms with Gasteiger partial charge in [-0.1, -0.05) is 107 Å². The Morgan fingerprint density at radius 3 is 1.61 bits per heavy atom. The van der Waals surface area contributed by atoms with Gasteiger partial charge in [0, 0.05) is 11.8 Å². The van der Waals surface area contributed by atoms with Gasteiger partial charge in [-0.2, -0.15) is 0 Å². The number of benzene rings is 2. The number of aliphatic carboxylic acids is 1. The number of carbonyl (C=O) groups is 1. The summed E-state index contributed by atoms with van der Waals surface area (Å²) in [4.78, 5) is 11.4. The standard InChI is InChI=1S/C27H38O4/c1-26(20-24(28)29,22-14-8-6-9-15-22)18-12-4-3-5-13-19-27(2,21-25(30)31)23-16-10-7-11-17-23/h6-11,14-17,24,28-29H,3-5,12-13,18-21H2,1-2H3,(H,30,31). The van der Waals surface area contributed by atoms with Crippen LogP contribution in [0.25, 0.3) is 0 Å². The van der Waals surface area contributed by atoms with Gasteiger partial charge in [-0.25, -0.2) is 0 Å². The summed E-state index contributed by atoms with van der Waals surface area (Å²) in [6, 6.07) is 20.1. The highest BCUT2D eigenvalue weighted by Gasteiger charge is 2.30. The van der Waals surface area contributed by atoms with Crippen molar-refractivity contribution in [3.63, 3.8) is 0 Å². The molecule has 4 heteroatoms. The molecule has 4 nitrogen and oxygen atoms in total. The zero-order chi connectivity index (χ0) is 22.7. The molecule has 3 N–H and O–H groups in total. The van der Waals surface area contributed by atoms with Crippen molar-refractivity contribution in [2.45, 2.75) is 88.8 Å². The SMILES string of the molecule is CC(CCCCCCCC(C)(CC(O)O)c1ccccc1)(CC(=O)O)c1ccccc1. The van der Waals surface area contributed by atoms with Crippen molar-refractivity contribution < 1.29 is 20.1 Å². The third kappa shape index (κ3) is 8.12. The van der Waals surface area contributed by atoms with Crippen molar-refractivity contribution in [1.29, 1.82) is 0 Å². The number of hydrogen-bond donors (Lipinski definition) is 3. The van der Waals surface area contributed by atoms with Crippen molar-refractivity contribution in [1.82, 2.24) is 0 Å². The van der Waals surface area contributed by atoms with Crippen molar-refractivity contribution in [3.05, 3.63) is 71.8 Å². The molecular formula is C27H38O4. The Hall–Kier alpha value is -2.17. The minimum atomic E-state index is -1.31. The molecule has 2 rings (SSSR count). The first-order chi connectivity index (χ1) is 14.8. The van der Waals surface area contributed by atoms with Crippen LogP contribution in [-0.4, -0.2) is 27.6 Å². The molecule has 2 unspecified atom stereocenters. The zero-order valence-electron chi connectivity index (χ0n) is 19.0. The molecule has 0 aromatic heterocycles. The summed E-state index contributed by atoms with van der Waals surface area (Å²) < 4.78 is 0. The fourth-order valence-electron chi connectivity index (χ4n) is 4.68. The van der Waals surface area contributed by atoms with Crippen LogP contribution in [0, 0.1) is 0 Å². The van der Waals surface area contributed by atoms with Crippen LogP contribution in [0.3, 0.4) is 0 Å². The van der Waals surface area contributed by atoms with E-state index >= 15 is 0 Å². The average molecular weight is 427 g/mol. The lowest BCUT2D eigenvalue weighted by molar-refractivity contribution is -0.138. The van der Waals surface area contributed by atoms with E-state index in [9.17, 15) is 20.1 Å². The Kier molecular flexibility index (Phi) is 9.73. The molecule has 170 valence electrons. The van der Waals surface area contributed by atoms with Crippen LogP contribution < -0.4 is 0 Å². The highest BCUT2D eigenvalue weighted by Crippen LogP contribution is 2.35. The molecule has 0 saturated carbocycles. The van der Waals surface area contributed by atoms with Crippen LogP contribution in [0.5, 0.6) is 0 Å². The monoisotopic (exact) mass is 426 g/mol. The molecule has 2 atom stereocenters. The normalized spacial score (nSPS) is 15.4. The molecule has 0 aliphatic rings. The second-order valence-electron chi connectivity index (χ2n) is 9.38. The Bertz CT molecular complexity index is 774. The summed E-state index contributed by atoms with van der Waals surface area (Å²) in [5.41, 5.74) is 1.66. The number of aliphatic hydroxyl groups is 2. The summed E-state index contributed by atoms with van der Waals surface area (Å²) in [5.74, 6) is -0.752. The second-order valence-corrected chi connectivity index (χ2v) is 9.38. The van der Waals surface area contributed by atoms with Gasteiger partial charge in [-0.15, -0.1) is 0 Å². The number of carboxylic acids is 1. The van der Waals surface area contributed by atoms with Gasteiger partial charge in [0.15, 0.2) is 6.29 Å². The van der Waals surface area contributed by atoms with E-state index < -0.39 is 12.3 Å². The van der Waals surface area contributed by atoms with E-state index in [1.165, 1.54) is 0 Å². The van der Waals surface area contributed by atoms with E-state index in [0.717, 1.165) is 56.1 Å². The average Bonchev–Trinajstić information content (AvgIpc) is 2.73. The lowest BCUT2D eigenvalue weighted by Crippen LogP contribution is -2.28. The van der Waals surface area contributed by atoms with E-state index in [4.69, 9.17) is 0 Å². The molecule has 0 radical (unpaired) electrons. The van der Waals surface area contributed by atoms with Crippen molar-refractivity contribution in [2.24, 2.45) is 0 Å². The number of hydrogen-bond acceptors (Lipinski definition) is 3. The molecule has 0 bridgehead atoms. The summed E-state index contributed by atoms with van der Waals surface area (Å²) in [6.45, 7) is 4.17. The Balaban J connectivity index is 1.80. The Labute approximate surface area is 187 Å². The molecule has 0 amide bonds. The molecule has 0 heterocycles. The van der Waals surface area contributed by atoms with Gasteiger partial charge in [0.05, 0.1) is 6.42 Å². The number of aliphatic hydroxyl groups excluding tert-OH is 1. The van der Waals surface area contributed by atoms with Gasteiger partial charge in [0.2, 0.25) is 0 Å². The lowest BCUT2D eigenvalue weighted by atomic mass is 9.74. The molecule has 0 saturated heterocycles. The minimum absolute atomic E-state index is 0.149. The van der Waals surface area contributed by atoms with Crippen molar-refractivity contribution in [2.75, 3.05) is 0 Å². The molecule has 31 heavy (non-hydrogen) atoms. The van der Waals surface area contributed by atoms with Gasteiger partial charge in [-0.3, -0.25) is 4.79 Å². The minimum Gasteiger partial charge on any atom is -0.481 e. The maximum absolute atomic E-state index is 11.4. The molecule has 0 aliphatic heterocycles. The second kappa shape index (κ2) is 12.0. The van der Waals surface area contributed by atoms with E-state index in [0.29, 0.717) is 6.42 Å². The lowest BCUT2D eigenvalue weighted by Gasteiger charge is -2.31. The summed E-state index contributed by atoms with van der Waals surface area (Å²) in [5, 5.41) is 28.5. The van der Waals surface area contributed by atoms with E-state index in [-0.39, 0.29) is 17.3 Å². The van der Waals surface area contributed by atoms with Crippen LogP contribution in [0.15, 0.2) is 60.7 Å². The first kappa shape index (κ1) is 25.1. The van der Waals surface area contributed by atoms with Crippen LogP contribution in [0.2, 0.25) is 0 Å².